The van der Waals surface area contributed by atoms with Gasteiger partial charge in [0, 0.05) is 11.6 Å². The van der Waals surface area contributed by atoms with Crippen molar-refractivity contribution < 1.29 is 4.52 Å². The molecule has 1 aromatic heterocycles. The van der Waals surface area contributed by atoms with E-state index in [0.717, 1.165) is 5.56 Å². The van der Waals surface area contributed by atoms with E-state index < -0.39 is 0 Å². The summed E-state index contributed by atoms with van der Waals surface area (Å²) in [6.07, 6.45) is 1.58. The van der Waals surface area contributed by atoms with Crippen LogP contribution in [-0.2, 0) is 0 Å². The third kappa shape index (κ3) is 1.97. The zero-order valence-electron chi connectivity index (χ0n) is 6.90. The first-order chi connectivity index (χ1) is 6.45. The van der Waals surface area contributed by atoms with Crippen molar-refractivity contribution in [3.05, 3.63) is 53.9 Å². The third-order valence-electron chi connectivity index (χ3n) is 1.54. The average Bonchev–Trinajstić information content (AvgIpc) is 2.69. The van der Waals surface area contributed by atoms with Crippen LogP contribution in [0.5, 0.6) is 0 Å². The van der Waals surface area contributed by atoms with Gasteiger partial charge in [-0.3, -0.25) is 0 Å². The molecule has 2 rings (SSSR count). The van der Waals surface area contributed by atoms with Crippen LogP contribution in [0.15, 0.2) is 47.1 Å². The summed E-state index contributed by atoms with van der Waals surface area (Å²) in [7, 11) is 0. The minimum absolute atomic E-state index is 0.587. The first-order valence-corrected chi connectivity index (χ1v) is 3.93. The lowest BCUT2D eigenvalue weighted by Crippen LogP contribution is -1.71. The van der Waals surface area contributed by atoms with Crippen LogP contribution in [0.1, 0.15) is 11.3 Å². The summed E-state index contributed by atoms with van der Waals surface area (Å²) >= 11 is 0. The minimum atomic E-state index is 0.587. The molecule has 13 heavy (non-hydrogen) atoms. The zero-order valence-corrected chi connectivity index (χ0v) is 6.90. The molecule has 0 amide bonds. The van der Waals surface area contributed by atoms with Crippen LogP contribution in [0.2, 0.25) is 0 Å². The molecule has 2 nitrogen and oxygen atoms in total. The van der Waals surface area contributed by atoms with Crippen molar-refractivity contribution in [1.29, 1.82) is 0 Å². The van der Waals surface area contributed by atoms with Gasteiger partial charge in [-0.2, -0.15) is 0 Å². The molecule has 62 valence electrons. The van der Waals surface area contributed by atoms with Gasteiger partial charge in [-0.15, -0.1) is 0 Å². The highest BCUT2D eigenvalue weighted by atomic mass is 16.5. The normalized spacial score (nSPS) is 8.92. The van der Waals surface area contributed by atoms with Crippen molar-refractivity contribution in [3.8, 4) is 11.8 Å². The largest absolute Gasteiger partial charge is 0.348 e. The van der Waals surface area contributed by atoms with Crippen LogP contribution in [0.3, 0.4) is 0 Å². The predicted molar refractivity (Wildman–Crippen MR) is 48.9 cm³/mol. The van der Waals surface area contributed by atoms with Gasteiger partial charge in [0.1, 0.15) is 0 Å². The van der Waals surface area contributed by atoms with Crippen molar-refractivity contribution in [2.75, 3.05) is 0 Å². The predicted octanol–water partition coefficient (Wildman–Crippen LogP) is 2.07. The Morgan fingerprint density at radius 3 is 2.54 bits per heavy atom. The van der Waals surface area contributed by atoms with E-state index >= 15 is 0 Å². The summed E-state index contributed by atoms with van der Waals surface area (Å²) in [5.74, 6) is 6.41. The summed E-state index contributed by atoms with van der Waals surface area (Å²) in [4.78, 5) is 0. The molecule has 1 aromatic carbocycles. The van der Waals surface area contributed by atoms with Crippen LogP contribution in [0.4, 0.5) is 0 Å². The van der Waals surface area contributed by atoms with Crippen LogP contribution >= 0.6 is 0 Å². The zero-order chi connectivity index (χ0) is 8.93. The lowest BCUT2D eigenvalue weighted by atomic mass is 10.2. The molecule has 0 bridgehead atoms. The van der Waals surface area contributed by atoms with E-state index in [9.17, 15) is 0 Å². The highest BCUT2D eigenvalue weighted by Gasteiger charge is 1.87. The lowest BCUT2D eigenvalue weighted by Gasteiger charge is -1.84. The average molecular weight is 169 g/mol. The van der Waals surface area contributed by atoms with Crippen LogP contribution in [0, 0.1) is 11.8 Å². The Morgan fingerprint density at radius 1 is 1.00 bits per heavy atom. The van der Waals surface area contributed by atoms with Crippen LogP contribution in [0.25, 0.3) is 0 Å². The highest BCUT2D eigenvalue weighted by Crippen LogP contribution is 1.97. The van der Waals surface area contributed by atoms with E-state index in [1.54, 1.807) is 12.3 Å². The second-order valence-electron chi connectivity index (χ2n) is 2.49. The molecule has 2 heteroatoms. The van der Waals surface area contributed by atoms with E-state index in [4.69, 9.17) is 4.52 Å². The van der Waals surface area contributed by atoms with Gasteiger partial charge in [0.2, 0.25) is 5.76 Å². The number of hydrogen-bond acceptors (Lipinski definition) is 2. The maximum Gasteiger partial charge on any atom is 0.209 e. The van der Waals surface area contributed by atoms with E-state index in [0.29, 0.717) is 5.76 Å². The van der Waals surface area contributed by atoms with Gasteiger partial charge in [0.05, 0.1) is 6.20 Å². The molecule has 0 aliphatic heterocycles. The molecule has 0 aliphatic carbocycles. The fourth-order valence-corrected chi connectivity index (χ4v) is 0.936. The Hall–Kier alpha value is -2.01. The van der Waals surface area contributed by atoms with Gasteiger partial charge in [-0.05, 0) is 18.1 Å². The summed E-state index contributed by atoms with van der Waals surface area (Å²) in [6.45, 7) is 0. The van der Waals surface area contributed by atoms with Gasteiger partial charge in [-0.1, -0.05) is 29.3 Å². The molecule has 2 aromatic rings. The second kappa shape index (κ2) is 3.59. The molecule has 0 radical (unpaired) electrons. The summed E-state index contributed by atoms with van der Waals surface area (Å²) < 4.78 is 4.83. The second-order valence-corrected chi connectivity index (χ2v) is 2.49. The van der Waals surface area contributed by atoms with Gasteiger partial charge in [-0.25, -0.2) is 0 Å². The van der Waals surface area contributed by atoms with Gasteiger partial charge in [0.15, 0.2) is 0 Å². The SMILES string of the molecule is C(#Cc1ccno1)c1ccccc1. The molecular formula is C11H7NO. The van der Waals surface area contributed by atoms with E-state index in [1.165, 1.54) is 0 Å². The van der Waals surface area contributed by atoms with Crippen molar-refractivity contribution in [3.63, 3.8) is 0 Å². The fraction of sp³-hybridized carbons (Fsp3) is 0. The van der Waals surface area contributed by atoms with Gasteiger partial charge < -0.3 is 4.52 Å². The quantitative estimate of drug-likeness (QED) is 0.564. The highest BCUT2D eigenvalue weighted by molar-refractivity contribution is 5.38. The number of benzene rings is 1. The number of aromatic nitrogens is 1. The topological polar surface area (TPSA) is 26.0 Å². The standard InChI is InChI=1S/C11H7NO/c1-2-4-10(5-3-1)6-7-11-8-9-12-13-11/h1-5,8-9H. The summed E-state index contributed by atoms with van der Waals surface area (Å²) in [5.41, 5.74) is 0.971. The van der Waals surface area contributed by atoms with Crippen molar-refractivity contribution >= 4 is 0 Å². The Bertz CT molecular complexity index is 420. The van der Waals surface area contributed by atoms with Crippen LogP contribution in [-0.4, -0.2) is 5.16 Å². The van der Waals surface area contributed by atoms with Crippen LogP contribution < -0.4 is 0 Å². The lowest BCUT2D eigenvalue weighted by molar-refractivity contribution is 0.411. The molecule has 0 N–H and O–H groups in total. The fourth-order valence-electron chi connectivity index (χ4n) is 0.936. The Balaban J connectivity index is 2.23. The maximum absolute atomic E-state index is 4.83. The molecule has 1 heterocycles. The van der Waals surface area contributed by atoms with Gasteiger partial charge >= 0.3 is 0 Å². The molecule has 0 aliphatic rings. The molecular weight excluding hydrogens is 162 g/mol. The summed E-state index contributed by atoms with van der Waals surface area (Å²) in [6, 6.07) is 11.5. The Morgan fingerprint density at radius 2 is 1.85 bits per heavy atom. The number of hydrogen-bond donors (Lipinski definition) is 0. The molecule has 0 saturated heterocycles. The molecule has 0 fully saturated rings. The number of nitrogens with zero attached hydrogens (tertiary/aromatic N) is 1. The van der Waals surface area contributed by atoms with Crippen molar-refractivity contribution in [2.45, 2.75) is 0 Å². The Kier molecular flexibility index (Phi) is 2.11. The Labute approximate surface area is 76.2 Å². The number of rotatable bonds is 0. The first kappa shape index (κ1) is 7.63. The minimum Gasteiger partial charge on any atom is -0.348 e. The third-order valence-corrected chi connectivity index (χ3v) is 1.54. The van der Waals surface area contributed by atoms with Gasteiger partial charge in [0.25, 0.3) is 0 Å². The molecule has 0 unspecified atom stereocenters. The van der Waals surface area contributed by atoms with E-state index in [2.05, 4.69) is 17.0 Å². The monoisotopic (exact) mass is 169 g/mol. The van der Waals surface area contributed by atoms with E-state index in [1.807, 2.05) is 30.3 Å². The smallest absolute Gasteiger partial charge is 0.209 e. The van der Waals surface area contributed by atoms with E-state index in [-0.39, 0.29) is 0 Å². The summed E-state index contributed by atoms with van der Waals surface area (Å²) in [5, 5.41) is 3.56. The van der Waals surface area contributed by atoms with Crippen molar-refractivity contribution in [2.24, 2.45) is 0 Å². The molecule has 0 atom stereocenters. The molecule has 0 spiro atoms. The molecule has 0 saturated carbocycles. The maximum atomic E-state index is 4.83. The first-order valence-electron chi connectivity index (χ1n) is 3.93. The van der Waals surface area contributed by atoms with Crippen molar-refractivity contribution in [1.82, 2.24) is 5.16 Å².